The molecule has 0 aliphatic heterocycles. The lowest BCUT2D eigenvalue weighted by Crippen LogP contribution is -2.23. The first-order valence-electron chi connectivity index (χ1n) is 8.39. The Morgan fingerprint density at radius 2 is 1.88 bits per heavy atom. The van der Waals surface area contributed by atoms with Crippen LogP contribution in [-0.4, -0.2) is 22.5 Å². The number of anilines is 2. The SMILES string of the molecule is CCOc1ccccc1Nc1ccc(C(=O)NCc2ccccn2)cn1. The number of carbonyl (C=O) groups excluding carboxylic acids is 1. The molecule has 0 bridgehead atoms. The van der Waals surface area contributed by atoms with Crippen LogP contribution in [0, 0.1) is 0 Å². The molecule has 1 aromatic carbocycles. The summed E-state index contributed by atoms with van der Waals surface area (Å²) in [6, 6.07) is 16.7. The van der Waals surface area contributed by atoms with E-state index in [1.807, 2.05) is 49.4 Å². The fourth-order valence-corrected chi connectivity index (χ4v) is 2.37. The number of ether oxygens (including phenoxy) is 1. The molecule has 2 N–H and O–H groups in total. The summed E-state index contributed by atoms with van der Waals surface area (Å²) in [5, 5.41) is 6.03. The molecule has 0 unspecified atom stereocenters. The van der Waals surface area contributed by atoms with Gasteiger partial charge < -0.3 is 15.4 Å². The first-order chi connectivity index (χ1) is 12.8. The molecule has 0 fully saturated rings. The van der Waals surface area contributed by atoms with Crippen molar-refractivity contribution in [1.29, 1.82) is 0 Å². The third kappa shape index (κ3) is 4.57. The molecule has 0 spiro atoms. The van der Waals surface area contributed by atoms with Gasteiger partial charge in [-0.1, -0.05) is 18.2 Å². The first kappa shape index (κ1) is 17.4. The van der Waals surface area contributed by atoms with E-state index in [2.05, 4.69) is 20.6 Å². The Morgan fingerprint density at radius 3 is 2.62 bits per heavy atom. The zero-order valence-corrected chi connectivity index (χ0v) is 14.5. The van der Waals surface area contributed by atoms with Crippen molar-refractivity contribution in [1.82, 2.24) is 15.3 Å². The Labute approximate surface area is 152 Å². The summed E-state index contributed by atoms with van der Waals surface area (Å²) >= 11 is 0. The van der Waals surface area contributed by atoms with Crippen LogP contribution in [0.25, 0.3) is 0 Å². The normalized spacial score (nSPS) is 10.2. The second-order valence-electron chi connectivity index (χ2n) is 5.49. The quantitative estimate of drug-likeness (QED) is 0.683. The van der Waals surface area contributed by atoms with Gasteiger partial charge in [-0.05, 0) is 43.3 Å². The minimum Gasteiger partial charge on any atom is -0.492 e. The van der Waals surface area contributed by atoms with Gasteiger partial charge in [-0.15, -0.1) is 0 Å². The fraction of sp³-hybridized carbons (Fsp3) is 0.150. The van der Waals surface area contributed by atoms with Crippen LogP contribution < -0.4 is 15.4 Å². The number of rotatable bonds is 7. The van der Waals surface area contributed by atoms with E-state index < -0.39 is 0 Å². The molecule has 6 nitrogen and oxygen atoms in total. The van der Waals surface area contributed by atoms with Crippen LogP contribution >= 0.6 is 0 Å². The van der Waals surface area contributed by atoms with Crippen LogP contribution in [0.15, 0.2) is 67.0 Å². The molecule has 3 aromatic rings. The predicted molar refractivity (Wildman–Crippen MR) is 101 cm³/mol. The van der Waals surface area contributed by atoms with Gasteiger partial charge in [0.05, 0.1) is 30.1 Å². The highest BCUT2D eigenvalue weighted by Gasteiger charge is 2.08. The van der Waals surface area contributed by atoms with Crippen LogP contribution in [0.5, 0.6) is 5.75 Å². The van der Waals surface area contributed by atoms with Gasteiger partial charge in [0.1, 0.15) is 11.6 Å². The maximum atomic E-state index is 12.2. The van der Waals surface area contributed by atoms with Crippen molar-refractivity contribution in [2.24, 2.45) is 0 Å². The number of para-hydroxylation sites is 2. The number of hydrogen-bond donors (Lipinski definition) is 2. The number of nitrogens with one attached hydrogen (secondary N) is 2. The number of hydrogen-bond acceptors (Lipinski definition) is 5. The van der Waals surface area contributed by atoms with Crippen molar-refractivity contribution >= 4 is 17.4 Å². The zero-order chi connectivity index (χ0) is 18.2. The van der Waals surface area contributed by atoms with E-state index in [4.69, 9.17) is 4.74 Å². The predicted octanol–water partition coefficient (Wildman–Crippen LogP) is 3.55. The van der Waals surface area contributed by atoms with Gasteiger partial charge in [0.25, 0.3) is 5.91 Å². The monoisotopic (exact) mass is 348 g/mol. The number of pyridine rings is 2. The Kier molecular flexibility index (Phi) is 5.77. The van der Waals surface area contributed by atoms with Gasteiger partial charge in [0.15, 0.2) is 0 Å². The summed E-state index contributed by atoms with van der Waals surface area (Å²) in [6.07, 6.45) is 3.24. The van der Waals surface area contributed by atoms with Crippen molar-refractivity contribution in [3.8, 4) is 5.75 Å². The summed E-state index contributed by atoms with van der Waals surface area (Å²) in [4.78, 5) is 20.7. The van der Waals surface area contributed by atoms with Crippen molar-refractivity contribution in [2.75, 3.05) is 11.9 Å². The molecule has 0 aliphatic rings. The molecule has 132 valence electrons. The van der Waals surface area contributed by atoms with Crippen LogP contribution in [0.4, 0.5) is 11.5 Å². The number of carbonyl (C=O) groups is 1. The summed E-state index contributed by atoms with van der Waals surface area (Å²) in [5.74, 6) is 1.21. The first-order valence-corrected chi connectivity index (χ1v) is 8.39. The summed E-state index contributed by atoms with van der Waals surface area (Å²) in [7, 11) is 0. The van der Waals surface area contributed by atoms with E-state index in [0.717, 1.165) is 17.1 Å². The number of aromatic nitrogens is 2. The van der Waals surface area contributed by atoms with E-state index >= 15 is 0 Å². The molecule has 6 heteroatoms. The van der Waals surface area contributed by atoms with E-state index in [1.165, 1.54) is 0 Å². The number of amides is 1. The Balaban J connectivity index is 1.62. The smallest absolute Gasteiger partial charge is 0.253 e. The average molecular weight is 348 g/mol. The second-order valence-corrected chi connectivity index (χ2v) is 5.49. The van der Waals surface area contributed by atoms with Crippen LogP contribution in [0.1, 0.15) is 23.0 Å². The standard InChI is InChI=1S/C20H20N4O2/c1-2-26-18-9-4-3-8-17(18)24-19-11-10-15(13-22-19)20(25)23-14-16-7-5-6-12-21-16/h3-13H,2,14H2,1H3,(H,22,24)(H,23,25). The highest BCUT2D eigenvalue weighted by atomic mass is 16.5. The van der Waals surface area contributed by atoms with Gasteiger partial charge in [0.2, 0.25) is 0 Å². The van der Waals surface area contributed by atoms with Gasteiger partial charge in [0, 0.05) is 12.4 Å². The molecule has 0 radical (unpaired) electrons. The molecule has 0 atom stereocenters. The van der Waals surface area contributed by atoms with Gasteiger partial charge in [-0.25, -0.2) is 4.98 Å². The minimum atomic E-state index is -0.190. The maximum absolute atomic E-state index is 12.2. The van der Waals surface area contributed by atoms with E-state index in [0.29, 0.717) is 24.5 Å². The molecular formula is C20H20N4O2. The largest absolute Gasteiger partial charge is 0.492 e. The van der Waals surface area contributed by atoms with Crippen molar-refractivity contribution in [3.63, 3.8) is 0 Å². The molecule has 3 rings (SSSR count). The Hall–Kier alpha value is -3.41. The zero-order valence-electron chi connectivity index (χ0n) is 14.5. The molecule has 0 saturated heterocycles. The lowest BCUT2D eigenvalue weighted by atomic mass is 10.2. The third-order valence-corrected chi connectivity index (χ3v) is 3.63. The highest BCUT2D eigenvalue weighted by molar-refractivity contribution is 5.94. The van der Waals surface area contributed by atoms with Crippen molar-refractivity contribution in [3.05, 3.63) is 78.2 Å². The maximum Gasteiger partial charge on any atom is 0.253 e. The molecule has 0 aliphatic carbocycles. The lowest BCUT2D eigenvalue weighted by Gasteiger charge is -2.12. The van der Waals surface area contributed by atoms with E-state index in [1.54, 1.807) is 24.5 Å². The minimum absolute atomic E-state index is 0.190. The van der Waals surface area contributed by atoms with Gasteiger partial charge >= 0.3 is 0 Å². The molecular weight excluding hydrogens is 328 g/mol. The fourth-order valence-electron chi connectivity index (χ4n) is 2.37. The van der Waals surface area contributed by atoms with E-state index in [9.17, 15) is 4.79 Å². The van der Waals surface area contributed by atoms with Crippen molar-refractivity contribution < 1.29 is 9.53 Å². The molecule has 0 saturated carbocycles. The van der Waals surface area contributed by atoms with E-state index in [-0.39, 0.29) is 5.91 Å². The van der Waals surface area contributed by atoms with Crippen LogP contribution in [0.2, 0.25) is 0 Å². The van der Waals surface area contributed by atoms with Crippen LogP contribution in [0.3, 0.4) is 0 Å². The highest BCUT2D eigenvalue weighted by Crippen LogP contribution is 2.26. The summed E-state index contributed by atoms with van der Waals surface area (Å²) < 4.78 is 5.58. The Morgan fingerprint density at radius 1 is 1.04 bits per heavy atom. The molecule has 2 aromatic heterocycles. The molecule has 1 amide bonds. The third-order valence-electron chi connectivity index (χ3n) is 3.63. The Bertz CT molecular complexity index is 851. The topological polar surface area (TPSA) is 76.1 Å². The second kappa shape index (κ2) is 8.62. The summed E-state index contributed by atoms with van der Waals surface area (Å²) in [6.45, 7) is 2.90. The van der Waals surface area contributed by atoms with Gasteiger partial charge in [-0.2, -0.15) is 0 Å². The molecule has 2 heterocycles. The molecule has 26 heavy (non-hydrogen) atoms. The van der Waals surface area contributed by atoms with Crippen molar-refractivity contribution in [2.45, 2.75) is 13.5 Å². The van der Waals surface area contributed by atoms with Crippen LogP contribution in [-0.2, 0) is 6.54 Å². The average Bonchev–Trinajstić information content (AvgIpc) is 2.69. The van der Waals surface area contributed by atoms with Gasteiger partial charge in [-0.3, -0.25) is 9.78 Å². The number of nitrogens with zero attached hydrogens (tertiary/aromatic N) is 2. The number of benzene rings is 1. The summed E-state index contributed by atoms with van der Waals surface area (Å²) in [5.41, 5.74) is 2.12. The lowest BCUT2D eigenvalue weighted by molar-refractivity contribution is 0.0950.